The van der Waals surface area contributed by atoms with Crippen molar-refractivity contribution < 1.29 is 21.6 Å². The molecule has 1 aromatic heterocycles. The van der Waals surface area contributed by atoms with Crippen LogP contribution >= 0.6 is 11.3 Å². The first-order valence-corrected chi connectivity index (χ1v) is 12.8. The first kappa shape index (κ1) is 22.2. The molecule has 0 bridgehead atoms. The van der Waals surface area contributed by atoms with E-state index in [1.54, 1.807) is 41.8 Å². The Kier molecular flexibility index (Phi) is 6.71. The average molecular weight is 465 g/mol. The zero-order valence-electron chi connectivity index (χ0n) is 16.0. The van der Waals surface area contributed by atoms with Gasteiger partial charge in [-0.2, -0.15) is 0 Å². The number of carbonyl (C=O) groups excluding carboxylic acids is 1. The number of carbonyl (C=O) groups is 1. The van der Waals surface area contributed by atoms with Gasteiger partial charge in [0.25, 0.3) is 0 Å². The van der Waals surface area contributed by atoms with Crippen molar-refractivity contribution in [1.29, 1.82) is 0 Å². The quantitative estimate of drug-likeness (QED) is 0.532. The van der Waals surface area contributed by atoms with Crippen LogP contribution in [-0.4, -0.2) is 29.3 Å². The van der Waals surface area contributed by atoms with Gasteiger partial charge in [0.15, 0.2) is 9.84 Å². The third-order valence-corrected chi connectivity index (χ3v) is 9.24. The average Bonchev–Trinajstić information content (AvgIpc) is 3.24. The number of nitrogens with one attached hydrogen (secondary N) is 2. The van der Waals surface area contributed by atoms with Crippen molar-refractivity contribution >= 4 is 42.8 Å². The molecule has 0 aliphatic carbocycles. The Balaban J connectivity index is 1.86. The highest BCUT2D eigenvalue weighted by Gasteiger charge is 2.31. The van der Waals surface area contributed by atoms with E-state index in [1.807, 2.05) is 0 Å². The Hall–Kier alpha value is -2.53. The molecule has 1 amide bonds. The highest BCUT2D eigenvalue weighted by atomic mass is 32.2. The van der Waals surface area contributed by atoms with Crippen molar-refractivity contribution in [3.63, 3.8) is 0 Å². The molecule has 2 N–H and O–H groups in total. The smallest absolute Gasteiger partial charge is 0.240 e. The van der Waals surface area contributed by atoms with Crippen molar-refractivity contribution in [1.82, 2.24) is 4.72 Å². The minimum atomic E-state index is -3.96. The zero-order valence-corrected chi connectivity index (χ0v) is 18.4. The fourth-order valence-electron chi connectivity index (χ4n) is 2.83. The lowest BCUT2D eigenvalue weighted by Gasteiger charge is -2.18. The molecule has 3 aromatic rings. The SMILES string of the molecule is CC(=O)Nc1ccc(S(=O)(=O)NCC(c2ccccc2)S(=O)(=O)c2cccs2)cc1. The summed E-state index contributed by atoms with van der Waals surface area (Å²) in [6.45, 7) is 1.03. The molecule has 30 heavy (non-hydrogen) atoms. The number of thiophene rings is 1. The summed E-state index contributed by atoms with van der Waals surface area (Å²) >= 11 is 1.09. The number of hydrogen-bond donors (Lipinski definition) is 2. The van der Waals surface area contributed by atoms with Crippen LogP contribution in [0.25, 0.3) is 0 Å². The molecule has 1 heterocycles. The standard InChI is InChI=1S/C20H20N2O5S3/c1-15(23)22-17-9-11-18(12-10-17)30(26,27)21-14-19(16-6-3-2-4-7-16)29(24,25)20-8-5-13-28-20/h2-13,19,21H,14H2,1H3,(H,22,23). The summed E-state index contributed by atoms with van der Waals surface area (Å²) in [4.78, 5) is 11.1. The summed E-state index contributed by atoms with van der Waals surface area (Å²) in [5, 5.41) is 3.14. The Morgan fingerprint density at radius 2 is 1.60 bits per heavy atom. The molecule has 1 atom stereocenters. The van der Waals surface area contributed by atoms with Gasteiger partial charge in [-0.25, -0.2) is 21.6 Å². The zero-order chi connectivity index (χ0) is 21.8. The summed E-state index contributed by atoms with van der Waals surface area (Å²) in [6, 6.07) is 17.3. The van der Waals surface area contributed by atoms with Crippen molar-refractivity contribution in [2.24, 2.45) is 0 Å². The predicted molar refractivity (Wildman–Crippen MR) is 117 cm³/mol. The molecule has 3 rings (SSSR count). The number of amides is 1. The van der Waals surface area contributed by atoms with Crippen molar-refractivity contribution in [3.8, 4) is 0 Å². The van der Waals surface area contributed by atoms with Gasteiger partial charge < -0.3 is 5.32 Å². The summed E-state index contributed by atoms with van der Waals surface area (Å²) in [6.07, 6.45) is 0. The Bertz CT molecular complexity index is 1210. The molecule has 10 heteroatoms. The van der Waals surface area contributed by atoms with E-state index >= 15 is 0 Å². The Morgan fingerprint density at radius 3 is 2.17 bits per heavy atom. The molecule has 0 aliphatic heterocycles. The van der Waals surface area contributed by atoms with E-state index in [0.717, 1.165) is 11.3 Å². The molecule has 2 aromatic carbocycles. The van der Waals surface area contributed by atoms with Crippen LogP contribution in [-0.2, 0) is 24.7 Å². The molecular formula is C20H20N2O5S3. The maximum absolute atomic E-state index is 13.1. The van der Waals surface area contributed by atoms with E-state index in [4.69, 9.17) is 0 Å². The van der Waals surface area contributed by atoms with Gasteiger partial charge in [0.05, 0.1) is 4.90 Å². The summed E-state index contributed by atoms with van der Waals surface area (Å²) in [5.41, 5.74) is 0.957. The molecular weight excluding hydrogens is 444 g/mol. The minimum absolute atomic E-state index is 0.0306. The second-order valence-corrected chi connectivity index (χ2v) is 11.5. The van der Waals surface area contributed by atoms with Crippen LogP contribution in [0.1, 0.15) is 17.7 Å². The van der Waals surface area contributed by atoms with Crippen molar-refractivity contribution in [2.75, 3.05) is 11.9 Å². The first-order chi connectivity index (χ1) is 14.2. The van der Waals surface area contributed by atoms with Crippen LogP contribution in [0.3, 0.4) is 0 Å². The van der Waals surface area contributed by atoms with Gasteiger partial charge in [-0.3, -0.25) is 4.79 Å². The van der Waals surface area contributed by atoms with Crippen LogP contribution in [0.4, 0.5) is 5.69 Å². The third-order valence-electron chi connectivity index (χ3n) is 4.27. The van der Waals surface area contributed by atoms with Crippen LogP contribution in [0.2, 0.25) is 0 Å². The lowest BCUT2D eigenvalue weighted by molar-refractivity contribution is -0.114. The Morgan fingerprint density at radius 1 is 0.933 bits per heavy atom. The number of sulfonamides is 1. The molecule has 7 nitrogen and oxygen atoms in total. The molecule has 0 saturated carbocycles. The van der Waals surface area contributed by atoms with Gasteiger partial charge in [0.2, 0.25) is 15.9 Å². The first-order valence-electron chi connectivity index (χ1n) is 8.90. The van der Waals surface area contributed by atoms with Gasteiger partial charge >= 0.3 is 0 Å². The molecule has 0 aliphatic rings. The number of sulfone groups is 1. The molecule has 158 valence electrons. The van der Waals surface area contributed by atoms with Gasteiger partial charge in [-0.15, -0.1) is 11.3 Å². The van der Waals surface area contributed by atoms with E-state index < -0.39 is 25.1 Å². The number of anilines is 1. The minimum Gasteiger partial charge on any atom is -0.326 e. The highest BCUT2D eigenvalue weighted by molar-refractivity contribution is 7.93. The maximum Gasteiger partial charge on any atom is 0.240 e. The van der Waals surface area contributed by atoms with Crippen LogP contribution in [0.5, 0.6) is 0 Å². The van der Waals surface area contributed by atoms with Crippen molar-refractivity contribution in [2.45, 2.75) is 21.3 Å². The fraction of sp³-hybridized carbons (Fsp3) is 0.150. The fourth-order valence-corrected chi connectivity index (χ4v) is 6.85. The summed E-state index contributed by atoms with van der Waals surface area (Å²) in [7, 11) is -7.75. The highest BCUT2D eigenvalue weighted by Crippen LogP contribution is 2.31. The number of rotatable bonds is 8. The van der Waals surface area contributed by atoms with E-state index in [0.29, 0.717) is 11.3 Å². The number of benzene rings is 2. The number of hydrogen-bond acceptors (Lipinski definition) is 6. The normalized spacial score (nSPS) is 13.0. The molecule has 1 unspecified atom stereocenters. The second-order valence-electron chi connectivity index (χ2n) is 6.43. The van der Waals surface area contributed by atoms with E-state index in [1.165, 1.54) is 37.3 Å². The van der Waals surface area contributed by atoms with Gasteiger partial charge in [-0.05, 0) is 41.3 Å². The lowest BCUT2D eigenvalue weighted by atomic mass is 10.1. The predicted octanol–water partition coefficient (Wildman–Crippen LogP) is 3.20. The molecule has 0 fully saturated rings. The van der Waals surface area contributed by atoms with Gasteiger partial charge in [0.1, 0.15) is 9.46 Å². The summed E-state index contributed by atoms with van der Waals surface area (Å²) in [5.74, 6) is -0.270. The molecule has 0 spiro atoms. The van der Waals surface area contributed by atoms with Crippen molar-refractivity contribution in [3.05, 3.63) is 77.7 Å². The topological polar surface area (TPSA) is 109 Å². The van der Waals surface area contributed by atoms with Crippen LogP contribution in [0.15, 0.2) is 81.2 Å². The second kappa shape index (κ2) is 9.09. The Labute approximate surface area is 179 Å². The van der Waals surface area contributed by atoms with E-state index in [2.05, 4.69) is 10.0 Å². The molecule has 0 radical (unpaired) electrons. The van der Waals surface area contributed by atoms with Gasteiger partial charge in [-0.1, -0.05) is 36.4 Å². The lowest BCUT2D eigenvalue weighted by Crippen LogP contribution is -2.31. The van der Waals surface area contributed by atoms with E-state index in [9.17, 15) is 21.6 Å². The van der Waals surface area contributed by atoms with Crippen LogP contribution < -0.4 is 10.0 Å². The summed E-state index contributed by atoms with van der Waals surface area (Å²) < 4.78 is 54.3. The van der Waals surface area contributed by atoms with Gasteiger partial charge in [0, 0.05) is 19.2 Å². The monoisotopic (exact) mass is 464 g/mol. The maximum atomic E-state index is 13.1. The molecule has 0 saturated heterocycles. The van der Waals surface area contributed by atoms with Crippen LogP contribution in [0, 0.1) is 0 Å². The largest absolute Gasteiger partial charge is 0.326 e. The van der Waals surface area contributed by atoms with E-state index in [-0.39, 0.29) is 21.6 Å². The third kappa shape index (κ3) is 5.14.